The molecule has 5 heteroatoms. The van der Waals surface area contributed by atoms with Gasteiger partial charge in [-0.2, -0.15) is 0 Å². The fourth-order valence-electron chi connectivity index (χ4n) is 1.58. The zero-order valence-electron chi connectivity index (χ0n) is 9.24. The molecule has 0 bridgehead atoms. The molecule has 16 heavy (non-hydrogen) atoms. The maximum Gasteiger partial charge on any atom is 0.337 e. The van der Waals surface area contributed by atoms with Crippen LogP contribution in [-0.2, 0) is 4.79 Å². The highest BCUT2D eigenvalue weighted by atomic mass is 35.5. The highest BCUT2D eigenvalue weighted by Gasteiger charge is 2.23. The second-order valence-electron chi connectivity index (χ2n) is 3.50. The molecule has 4 nitrogen and oxygen atoms in total. The molecule has 1 rings (SSSR count). The smallest absolute Gasteiger partial charge is 0.337 e. The van der Waals surface area contributed by atoms with Gasteiger partial charge >= 0.3 is 5.97 Å². The summed E-state index contributed by atoms with van der Waals surface area (Å²) in [6.45, 7) is 3.46. The minimum absolute atomic E-state index is 0.217. The molecule has 0 aliphatic carbocycles. The van der Waals surface area contributed by atoms with Crippen LogP contribution in [0.4, 0.5) is 0 Å². The van der Waals surface area contributed by atoms with Gasteiger partial charge in [0.15, 0.2) is 6.10 Å². The number of aliphatic hydroxyl groups excluding tert-OH is 1. The Labute approximate surface area is 98.4 Å². The van der Waals surface area contributed by atoms with Crippen LogP contribution in [0.25, 0.3) is 0 Å². The third-order valence-electron chi connectivity index (χ3n) is 2.38. The minimum Gasteiger partial charge on any atom is -0.496 e. The summed E-state index contributed by atoms with van der Waals surface area (Å²) in [7, 11) is 1.41. The molecule has 0 aromatic heterocycles. The Kier molecular flexibility index (Phi) is 3.78. The first-order valence-electron chi connectivity index (χ1n) is 4.64. The number of carboxylic acid groups (broad SMARTS) is 1. The summed E-state index contributed by atoms with van der Waals surface area (Å²) >= 11 is 6.01. The van der Waals surface area contributed by atoms with E-state index in [4.69, 9.17) is 21.4 Å². The van der Waals surface area contributed by atoms with Crippen LogP contribution in [0.5, 0.6) is 5.75 Å². The van der Waals surface area contributed by atoms with E-state index in [0.29, 0.717) is 21.9 Å². The number of carboxylic acids is 1. The Morgan fingerprint density at radius 3 is 2.50 bits per heavy atom. The maximum atomic E-state index is 10.7. The van der Waals surface area contributed by atoms with Crippen molar-refractivity contribution in [3.8, 4) is 5.75 Å². The maximum absolute atomic E-state index is 10.7. The standard InChI is InChI=1S/C11H13ClO4/c1-5-4-7(9(13)11(14)15)10(16-3)6(2)8(5)12/h4,9,13H,1-3H3,(H,14,15). The van der Waals surface area contributed by atoms with Gasteiger partial charge in [-0.05, 0) is 25.5 Å². The Bertz CT molecular complexity index is 428. The van der Waals surface area contributed by atoms with E-state index in [9.17, 15) is 9.90 Å². The third kappa shape index (κ3) is 2.13. The van der Waals surface area contributed by atoms with Gasteiger partial charge in [-0.15, -0.1) is 0 Å². The van der Waals surface area contributed by atoms with Crippen LogP contribution >= 0.6 is 11.6 Å². The summed E-state index contributed by atoms with van der Waals surface area (Å²) in [4.78, 5) is 10.7. The normalized spacial score (nSPS) is 12.3. The molecule has 0 saturated heterocycles. The Morgan fingerprint density at radius 1 is 1.50 bits per heavy atom. The number of methoxy groups -OCH3 is 1. The van der Waals surface area contributed by atoms with Crippen molar-refractivity contribution in [1.29, 1.82) is 0 Å². The van der Waals surface area contributed by atoms with E-state index in [-0.39, 0.29) is 5.56 Å². The molecule has 0 heterocycles. The summed E-state index contributed by atoms with van der Waals surface area (Å²) in [5.41, 5.74) is 1.55. The third-order valence-corrected chi connectivity index (χ3v) is 2.96. The van der Waals surface area contributed by atoms with E-state index in [1.54, 1.807) is 13.8 Å². The van der Waals surface area contributed by atoms with Gasteiger partial charge in [-0.3, -0.25) is 0 Å². The number of hydrogen-bond donors (Lipinski definition) is 2. The molecule has 0 amide bonds. The number of carbonyl (C=O) groups is 1. The fourth-order valence-corrected chi connectivity index (χ4v) is 1.72. The van der Waals surface area contributed by atoms with Crippen molar-refractivity contribution in [2.24, 2.45) is 0 Å². The molecular formula is C11H13ClO4. The largest absolute Gasteiger partial charge is 0.496 e. The fraction of sp³-hybridized carbons (Fsp3) is 0.364. The first kappa shape index (κ1) is 12.8. The predicted molar refractivity (Wildman–Crippen MR) is 60.1 cm³/mol. The average molecular weight is 245 g/mol. The van der Waals surface area contributed by atoms with Gasteiger partial charge in [0, 0.05) is 11.1 Å². The first-order chi connectivity index (χ1) is 7.40. The van der Waals surface area contributed by atoms with Crippen LogP contribution in [0.15, 0.2) is 6.07 Å². The van der Waals surface area contributed by atoms with E-state index in [0.717, 1.165) is 0 Å². The van der Waals surface area contributed by atoms with E-state index < -0.39 is 12.1 Å². The number of aliphatic carboxylic acids is 1. The SMILES string of the molecule is COc1c(C(O)C(=O)O)cc(C)c(Cl)c1C. The number of rotatable bonds is 3. The first-order valence-corrected chi connectivity index (χ1v) is 5.02. The zero-order chi connectivity index (χ0) is 12.5. The molecule has 0 fully saturated rings. The van der Waals surface area contributed by atoms with Crippen LogP contribution in [0.3, 0.4) is 0 Å². The summed E-state index contributed by atoms with van der Waals surface area (Å²) in [6, 6.07) is 1.52. The number of benzene rings is 1. The van der Waals surface area contributed by atoms with Gasteiger partial charge < -0.3 is 14.9 Å². The Hall–Kier alpha value is -1.26. The molecule has 1 unspecified atom stereocenters. The highest BCUT2D eigenvalue weighted by Crippen LogP contribution is 2.35. The topological polar surface area (TPSA) is 66.8 Å². The molecule has 2 N–H and O–H groups in total. The summed E-state index contributed by atoms with van der Waals surface area (Å²) in [5, 5.41) is 18.8. The lowest BCUT2D eigenvalue weighted by Gasteiger charge is -2.16. The quantitative estimate of drug-likeness (QED) is 0.854. The van der Waals surface area contributed by atoms with E-state index in [1.807, 2.05) is 0 Å². The van der Waals surface area contributed by atoms with Gasteiger partial charge in [0.05, 0.1) is 12.1 Å². The van der Waals surface area contributed by atoms with Crippen LogP contribution in [0.2, 0.25) is 5.02 Å². The number of halogens is 1. The van der Waals surface area contributed by atoms with Crippen molar-refractivity contribution in [2.75, 3.05) is 7.11 Å². The Morgan fingerprint density at radius 2 is 2.06 bits per heavy atom. The molecule has 0 saturated carbocycles. The summed E-state index contributed by atoms with van der Waals surface area (Å²) in [5.74, 6) is -1.01. The van der Waals surface area contributed by atoms with Crippen molar-refractivity contribution < 1.29 is 19.7 Å². The molecular weight excluding hydrogens is 232 g/mol. The van der Waals surface area contributed by atoms with Gasteiger partial charge in [0.1, 0.15) is 5.75 Å². The number of aryl methyl sites for hydroxylation is 1. The summed E-state index contributed by atoms with van der Waals surface area (Å²) < 4.78 is 5.08. The van der Waals surface area contributed by atoms with Gasteiger partial charge in [-0.25, -0.2) is 4.79 Å². The molecule has 0 aliphatic heterocycles. The highest BCUT2D eigenvalue weighted by molar-refractivity contribution is 6.32. The summed E-state index contributed by atoms with van der Waals surface area (Å²) in [6.07, 6.45) is -1.61. The minimum atomic E-state index is -1.61. The van der Waals surface area contributed by atoms with Crippen LogP contribution in [0.1, 0.15) is 22.8 Å². The van der Waals surface area contributed by atoms with Crippen molar-refractivity contribution in [1.82, 2.24) is 0 Å². The van der Waals surface area contributed by atoms with Crippen molar-refractivity contribution in [3.05, 3.63) is 27.8 Å². The predicted octanol–water partition coefficient (Wildman–Crippen LogP) is 2.08. The van der Waals surface area contributed by atoms with Gasteiger partial charge in [0.25, 0.3) is 0 Å². The zero-order valence-corrected chi connectivity index (χ0v) is 10.00. The number of aliphatic hydroxyl groups is 1. The van der Waals surface area contributed by atoms with Crippen LogP contribution in [-0.4, -0.2) is 23.3 Å². The van der Waals surface area contributed by atoms with Crippen LogP contribution < -0.4 is 4.74 Å². The van der Waals surface area contributed by atoms with Gasteiger partial charge in [-0.1, -0.05) is 11.6 Å². The van der Waals surface area contributed by atoms with Crippen LogP contribution in [0, 0.1) is 13.8 Å². The van der Waals surface area contributed by atoms with Gasteiger partial charge in [0.2, 0.25) is 0 Å². The van der Waals surface area contributed by atoms with E-state index >= 15 is 0 Å². The van der Waals surface area contributed by atoms with E-state index in [1.165, 1.54) is 13.2 Å². The molecule has 0 aliphatic rings. The average Bonchev–Trinajstić information content (AvgIpc) is 2.24. The number of ether oxygens (including phenoxy) is 1. The van der Waals surface area contributed by atoms with Crippen molar-refractivity contribution in [2.45, 2.75) is 20.0 Å². The van der Waals surface area contributed by atoms with E-state index in [2.05, 4.69) is 0 Å². The molecule has 1 atom stereocenters. The Balaban J connectivity index is 3.44. The second-order valence-corrected chi connectivity index (χ2v) is 3.87. The van der Waals surface area contributed by atoms with Crippen molar-refractivity contribution in [3.63, 3.8) is 0 Å². The monoisotopic (exact) mass is 244 g/mol. The lowest BCUT2D eigenvalue weighted by Crippen LogP contribution is -2.12. The molecule has 1 aromatic carbocycles. The molecule has 88 valence electrons. The molecule has 0 spiro atoms. The molecule has 1 aromatic rings. The lowest BCUT2D eigenvalue weighted by atomic mass is 10.0. The van der Waals surface area contributed by atoms with Crippen molar-refractivity contribution >= 4 is 17.6 Å². The second kappa shape index (κ2) is 4.72. The number of hydrogen-bond acceptors (Lipinski definition) is 3. The lowest BCUT2D eigenvalue weighted by molar-refractivity contribution is -0.147. The molecule has 0 radical (unpaired) electrons.